The molecule has 0 fully saturated rings. The summed E-state index contributed by atoms with van der Waals surface area (Å²) in [6.07, 6.45) is 3.23. The third-order valence-electron chi connectivity index (χ3n) is 2.75. The number of carbonyl (C=O) groups is 1. The van der Waals surface area contributed by atoms with Crippen LogP contribution >= 0.6 is 23.4 Å². The molecule has 0 bridgehead atoms. The molecule has 7 heteroatoms. The lowest BCUT2D eigenvalue weighted by Crippen LogP contribution is -2.28. The van der Waals surface area contributed by atoms with E-state index in [1.54, 1.807) is 31.6 Å². The van der Waals surface area contributed by atoms with E-state index in [-0.39, 0.29) is 18.2 Å². The van der Waals surface area contributed by atoms with Crippen molar-refractivity contribution >= 4 is 29.3 Å². The molecule has 1 aromatic carbocycles. The molecule has 0 spiro atoms. The summed E-state index contributed by atoms with van der Waals surface area (Å²) >= 11 is 7.18. The van der Waals surface area contributed by atoms with E-state index in [0.717, 1.165) is 0 Å². The van der Waals surface area contributed by atoms with Crippen molar-refractivity contribution in [3.8, 4) is 0 Å². The largest absolute Gasteiger partial charge is 0.341 e. The zero-order valence-electron chi connectivity index (χ0n) is 11.3. The van der Waals surface area contributed by atoms with Crippen LogP contribution in [0.2, 0.25) is 5.02 Å². The number of benzene rings is 1. The fourth-order valence-electron chi connectivity index (χ4n) is 1.61. The van der Waals surface area contributed by atoms with Gasteiger partial charge in [0.2, 0.25) is 5.91 Å². The summed E-state index contributed by atoms with van der Waals surface area (Å²) in [7, 11) is 1.61. The summed E-state index contributed by atoms with van der Waals surface area (Å²) in [4.78, 5) is 21.5. The van der Waals surface area contributed by atoms with Crippen LogP contribution < -0.4 is 0 Å². The van der Waals surface area contributed by atoms with Gasteiger partial charge in [0.25, 0.3) is 0 Å². The first-order valence-corrected chi connectivity index (χ1v) is 7.51. The standard InChI is InChI=1S/C14H13ClFN3OS/c1-19(8-10-11(15)4-2-5-12(10)16)13(20)9-21-14-17-6-3-7-18-14/h2-7H,8-9H2,1H3. The summed E-state index contributed by atoms with van der Waals surface area (Å²) in [6.45, 7) is 0.126. The molecule has 0 aliphatic carbocycles. The topological polar surface area (TPSA) is 46.1 Å². The van der Waals surface area contributed by atoms with Crippen LogP contribution in [-0.2, 0) is 11.3 Å². The van der Waals surface area contributed by atoms with Gasteiger partial charge >= 0.3 is 0 Å². The fourth-order valence-corrected chi connectivity index (χ4v) is 2.57. The molecule has 0 N–H and O–H groups in total. The van der Waals surface area contributed by atoms with Crippen LogP contribution in [0.1, 0.15) is 5.56 Å². The van der Waals surface area contributed by atoms with E-state index in [1.165, 1.54) is 28.8 Å². The van der Waals surface area contributed by atoms with E-state index < -0.39 is 5.82 Å². The second-order valence-electron chi connectivity index (χ2n) is 4.27. The lowest BCUT2D eigenvalue weighted by molar-refractivity contribution is -0.127. The molecular formula is C14H13ClFN3OS. The van der Waals surface area contributed by atoms with Gasteiger partial charge < -0.3 is 4.90 Å². The molecule has 0 atom stereocenters. The van der Waals surface area contributed by atoms with Crippen molar-refractivity contribution in [2.45, 2.75) is 11.7 Å². The Morgan fingerprint density at radius 1 is 1.33 bits per heavy atom. The molecule has 0 saturated carbocycles. The second kappa shape index (κ2) is 7.38. The molecule has 0 aliphatic rings. The summed E-state index contributed by atoms with van der Waals surface area (Å²) in [5, 5.41) is 0.844. The van der Waals surface area contributed by atoms with Crippen LogP contribution in [0.5, 0.6) is 0 Å². The minimum Gasteiger partial charge on any atom is -0.341 e. The normalized spacial score (nSPS) is 10.4. The molecule has 1 amide bonds. The van der Waals surface area contributed by atoms with Crippen LogP contribution in [0.15, 0.2) is 41.8 Å². The van der Waals surface area contributed by atoms with Crippen molar-refractivity contribution in [3.05, 3.63) is 53.1 Å². The van der Waals surface area contributed by atoms with Crippen molar-refractivity contribution in [2.24, 2.45) is 0 Å². The van der Waals surface area contributed by atoms with Crippen molar-refractivity contribution in [1.29, 1.82) is 0 Å². The average Bonchev–Trinajstić information content (AvgIpc) is 2.49. The van der Waals surface area contributed by atoms with Gasteiger partial charge in [-0.15, -0.1) is 0 Å². The van der Waals surface area contributed by atoms with Crippen molar-refractivity contribution in [1.82, 2.24) is 14.9 Å². The maximum atomic E-state index is 13.7. The maximum Gasteiger partial charge on any atom is 0.233 e. The molecule has 1 aromatic heterocycles. The lowest BCUT2D eigenvalue weighted by atomic mass is 10.2. The minimum absolute atomic E-state index is 0.126. The number of halogens is 2. The highest BCUT2D eigenvalue weighted by molar-refractivity contribution is 7.99. The second-order valence-corrected chi connectivity index (χ2v) is 5.62. The van der Waals surface area contributed by atoms with Crippen LogP contribution in [0.25, 0.3) is 0 Å². The first-order chi connectivity index (χ1) is 10.1. The predicted molar refractivity (Wildman–Crippen MR) is 80.6 cm³/mol. The SMILES string of the molecule is CN(Cc1c(F)cccc1Cl)C(=O)CSc1ncccn1. The van der Waals surface area contributed by atoms with Crippen molar-refractivity contribution < 1.29 is 9.18 Å². The average molecular weight is 326 g/mol. The van der Waals surface area contributed by atoms with Crippen LogP contribution in [0.3, 0.4) is 0 Å². The quantitative estimate of drug-likeness (QED) is 0.626. The van der Waals surface area contributed by atoms with Crippen molar-refractivity contribution in [3.63, 3.8) is 0 Å². The highest BCUT2D eigenvalue weighted by Crippen LogP contribution is 2.21. The molecule has 2 rings (SSSR count). The highest BCUT2D eigenvalue weighted by Gasteiger charge is 2.14. The Morgan fingerprint density at radius 3 is 2.71 bits per heavy atom. The van der Waals surface area contributed by atoms with E-state index in [2.05, 4.69) is 9.97 Å². The monoisotopic (exact) mass is 325 g/mol. The van der Waals surface area contributed by atoms with Crippen LogP contribution in [0, 0.1) is 5.82 Å². The Labute approximate surface area is 131 Å². The smallest absolute Gasteiger partial charge is 0.233 e. The number of hydrogen-bond donors (Lipinski definition) is 0. The molecule has 0 saturated heterocycles. The Morgan fingerprint density at radius 2 is 2.05 bits per heavy atom. The third-order valence-corrected chi connectivity index (χ3v) is 3.96. The Bertz CT molecular complexity index is 607. The number of aromatic nitrogens is 2. The van der Waals surface area contributed by atoms with Gasteiger partial charge in [-0.2, -0.15) is 0 Å². The van der Waals surface area contributed by atoms with E-state index in [0.29, 0.717) is 15.7 Å². The molecule has 110 valence electrons. The molecule has 1 heterocycles. The van der Waals surface area contributed by atoms with Crippen LogP contribution in [0.4, 0.5) is 4.39 Å². The third kappa shape index (κ3) is 4.41. The lowest BCUT2D eigenvalue weighted by Gasteiger charge is -2.18. The minimum atomic E-state index is -0.416. The number of thioether (sulfide) groups is 1. The zero-order valence-corrected chi connectivity index (χ0v) is 12.9. The van der Waals surface area contributed by atoms with Gasteiger partial charge in [0.05, 0.1) is 5.75 Å². The van der Waals surface area contributed by atoms with Gasteiger partial charge in [0, 0.05) is 36.6 Å². The summed E-state index contributed by atoms with van der Waals surface area (Å²) in [5.74, 6) is -0.375. The number of amides is 1. The maximum absolute atomic E-state index is 13.7. The van der Waals surface area contributed by atoms with Gasteiger partial charge in [-0.3, -0.25) is 4.79 Å². The molecule has 21 heavy (non-hydrogen) atoms. The number of nitrogens with zero attached hydrogens (tertiary/aromatic N) is 3. The Hall–Kier alpha value is -1.66. The van der Waals surface area contributed by atoms with Gasteiger partial charge in [0.1, 0.15) is 5.82 Å². The summed E-state index contributed by atoms with van der Waals surface area (Å²) in [6, 6.07) is 6.17. The van der Waals surface area contributed by atoms with Gasteiger partial charge in [0.15, 0.2) is 5.16 Å². The Balaban J connectivity index is 1.94. The summed E-state index contributed by atoms with van der Waals surface area (Å²) < 4.78 is 13.7. The van der Waals surface area contributed by atoms with E-state index in [4.69, 9.17) is 11.6 Å². The first kappa shape index (κ1) is 15.7. The predicted octanol–water partition coefficient (Wildman–Crippen LogP) is 3.02. The van der Waals surface area contributed by atoms with E-state index in [1.807, 2.05) is 0 Å². The molecule has 0 unspecified atom stereocenters. The number of hydrogen-bond acceptors (Lipinski definition) is 4. The van der Waals surface area contributed by atoms with E-state index in [9.17, 15) is 9.18 Å². The Kier molecular flexibility index (Phi) is 5.52. The first-order valence-electron chi connectivity index (χ1n) is 6.14. The fraction of sp³-hybridized carbons (Fsp3) is 0.214. The van der Waals surface area contributed by atoms with Crippen molar-refractivity contribution in [2.75, 3.05) is 12.8 Å². The molecular weight excluding hydrogens is 313 g/mol. The molecule has 0 aliphatic heterocycles. The number of rotatable bonds is 5. The van der Waals surface area contributed by atoms with Gasteiger partial charge in [-0.05, 0) is 18.2 Å². The number of carbonyl (C=O) groups excluding carboxylic acids is 1. The van der Waals surface area contributed by atoms with Gasteiger partial charge in [-0.25, -0.2) is 14.4 Å². The molecule has 2 aromatic rings. The summed E-state index contributed by atoms with van der Waals surface area (Å²) in [5.41, 5.74) is 0.316. The van der Waals surface area contributed by atoms with Gasteiger partial charge in [-0.1, -0.05) is 29.4 Å². The molecule has 4 nitrogen and oxygen atoms in total. The van der Waals surface area contributed by atoms with E-state index >= 15 is 0 Å². The van der Waals surface area contributed by atoms with Crippen LogP contribution in [-0.4, -0.2) is 33.6 Å². The zero-order chi connectivity index (χ0) is 15.2. The highest BCUT2D eigenvalue weighted by atomic mass is 35.5. The molecule has 0 radical (unpaired) electrons.